The largest absolute Gasteiger partial charge is 0.674 e. The summed E-state index contributed by atoms with van der Waals surface area (Å²) in [6.07, 6.45) is -0.0714. The number of hydrogen-bond acceptors (Lipinski definition) is 18. The maximum atomic E-state index is 11.6. The van der Waals surface area contributed by atoms with Crippen LogP contribution in [0.15, 0.2) is 0 Å². The van der Waals surface area contributed by atoms with Crippen molar-refractivity contribution in [1.29, 1.82) is 0 Å². The first-order valence-corrected chi connectivity index (χ1v) is 15.0. The normalized spacial score (nSPS) is 12.7. The molecule has 0 radical (unpaired) electrons. The van der Waals surface area contributed by atoms with Crippen LogP contribution in [0.3, 0.4) is 0 Å². The van der Waals surface area contributed by atoms with Gasteiger partial charge in [-0.2, -0.15) is 25.3 Å². The van der Waals surface area contributed by atoms with Crippen LogP contribution in [-0.2, 0) is 47.6 Å². The van der Waals surface area contributed by atoms with E-state index in [1.165, 1.54) is 0 Å². The Balaban J connectivity index is -0.000000193. The summed E-state index contributed by atoms with van der Waals surface area (Å²) < 4.78 is 11.3. The highest BCUT2D eigenvalue weighted by Gasteiger charge is 2.23. The van der Waals surface area contributed by atoms with Gasteiger partial charge in [-0.3, -0.25) is 14.4 Å². The minimum atomic E-state index is -3.15. The number of hydrogen-bond donors (Lipinski definition) is 8. The first kappa shape index (κ1) is 49.6. The second kappa shape index (κ2) is 30.4. The zero-order chi connectivity index (χ0) is 37.0. The SMILES string of the molecule is NCC(=O)[O-].O=[P+]([O-])O[O-].[HH].[NH3+]C(CCC(=O)CC(CS)C(=O)NCC(=O)[O-])C(=O)O.[NH3+]C(CCC(=O)CC(CS)C(=O)[O-])C(=O)O. The smallest absolute Gasteiger partial charge is 0.479 e. The number of amides is 1. The number of quaternary nitrogens is 2. The summed E-state index contributed by atoms with van der Waals surface area (Å²) in [5.74, 6) is -8.86. The number of carboxylic acid groups (broad SMARTS) is 5. The number of carbonyl (C=O) groups is 8. The van der Waals surface area contributed by atoms with Crippen LogP contribution in [0.2, 0.25) is 0 Å². The first-order chi connectivity index (χ1) is 21.2. The maximum absolute atomic E-state index is 11.6. The number of carboxylic acids is 5. The van der Waals surface area contributed by atoms with E-state index in [9.17, 15) is 43.8 Å². The van der Waals surface area contributed by atoms with Crippen molar-refractivity contribution >= 4 is 80.8 Å². The highest BCUT2D eigenvalue weighted by Crippen LogP contribution is 2.10. The number of nitrogens with one attached hydrogen (secondary N) is 1. The van der Waals surface area contributed by atoms with Crippen molar-refractivity contribution < 1.29 is 96.2 Å². The zero-order valence-corrected chi connectivity index (χ0v) is 26.9. The Bertz CT molecular complexity index is 1010. The van der Waals surface area contributed by atoms with Crippen LogP contribution in [-0.4, -0.2) is 94.2 Å². The van der Waals surface area contributed by atoms with Gasteiger partial charge in [-0.25, -0.2) is 14.3 Å². The van der Waals surface area contributed by atoms with Gasteiger partial charge in [-0.1, -0.05) is 0 Å². The fraction of sp³-hybridized carbons (Fsp3) is 0.636. The van der Waals surface area contributed by atoms with Gasteiger partial charge in [0.2, 0.25) is 5.91 Å². The zero-order valence-electron chi connectivity index (χ0n) is 24.2. The Kier molecular flexibility index (Phi) is 32.8. The third kappa shape index (κ3) is 33.6. The third-order valence-corrected chi connectivity index (χ3v) is 5.97. The van der Waals surface area contributed by atoms with E-state index in [0.717, 1.165) is 0 Å². The van der Waals surface area contributed by atoms with Gasteiger partial charge in [0.1, 0.15) is 11.6 Å². The molecule has 0 spiro atoms. The first-order valence-electron chi connectivity index (χ1n) is 12.6. The highest BCUT2D eigenvalue weighted by atomic mass is 32.1. The van der Waals surface area contributed by atoms with Crippen molar-refractivity contribution in [3.63, 3.8) is 0 Å². The number of aliphatic carboxylic acids is 5. The van der Waals surface area contributed by atoms with Crippen molar-refractivity contribution in [1.82, 2.24) is 5.32 Å². The van der Waals surface area contributed by atoms with Crippen LogP contribution in [0.25, 0.3) is 0 Å². The quantitative estimate of drug-likeness (QED) is 0.0250. The number of Topliss-reactive ketones (excluding diaryl/α,β-unsaturated/α-hetero) is 2. The number of ketones is 2. The van der Waals surface area contributed by atoms with Crippen LogP contribution in [0.5, 0.6) is 0 Å². The van der Waals surface area contributed by atoms with E-state index in [1.54, 1.807) is 0 Å². The average molecular weight is 727 g/mol. The monoisotopic (exact) mass is 726 g/mol. The molecule has 0 fully saturated rings. The molecule has 0 saturated carbocycles. The lowest BCUT2D eigenvalue weighted by Crippen LogP contribution is -2.64. The van der Waals surface area contributed by atoms with Crippen LogP contribution in [0, 0.1) is 11.8 Å². The Morgan fingerprint density at radius 1 is 0.826 bits per heavy atom. The molecular weight excluding hydrogens is 687 g/mol. The van der Waals surface area contributed by atoms with Gasteiger partial charge >= 0.3 is 20.2 Å². The molecule has 0 aromatic rings. The molecule has 0 aliphatic carbocycles. The average Bonchev–Trinajstić information content (AvgIpc) is 2.99. The summed E-state index contributed by atoms with van der Waals surface area (Å²) >= 11 is 7.72. The molecule has 11 N–H and O–H groups in total. The summed E-state index contributed by atoms with van der Waals surface area (Å²) in [6.45, 7) is -1.02. The molecule has 1 amide bonds. The molecule has 0 saturated heterocycles. The van der Waals surface area contributed by atoms with Crippen molar-refractivity contribution in [2.75, 3.05) is 24.6 Å². The molecule has 5 unspecified atom stereocenters. The van der Waals surface area contributed by atoms with Crippen molar-refractivity contribution in [2.45, 2.75) is 50.6 Å². The molecular formula is C22H39N4O17PS2-2. The number of rotatable bonds is 20. The lowest BCUT2D eigenvalue weighted by atomic mass is 9.99. The van der Waals surface area contributed by atoms with Crippen LogP contribution < -0.4 is 48.0 Å². The van der Waals surface area contributed by atoms with Gasteiger partial charge < -0.3 is 72.6 Å². The minimum absolute atomic E-state index is 0. The lowest BCUT2D eigenvalue weighted by Gasteiger charge is -2.14. The fourth-order valence-corrected chi connectivity index (χ4v) is 3.01. The van der Waals surface area contributed by atoms with E-state index in [1.807, 2.05) is 0 Å². The molecule has 0 aromatic carbocycles. The van der Waals surface area contributed by atoms with Crippen molar-refractivity contribution in [2.24, 2.45) is 17.6 Å². The molecule has 21 nitrogen and oxygen atoms in total. The Morgan fingerprint density at radius 3 is 1.41 bits per heavy atom. The van der Waals surface area contributed by atoms with Gasteiger partial charge in [-0.05, 0) is 10.3 Å². The van der Waals surface area contributed by atoms with Crippen LogP contribution in [0.1, 0.15) is 40.0 Å². The topological polar surface area (TPSA) is 412 Å². The van der Waals surface area contributed by atoms with E-state index >= 15 is 0 Å². The molecule has 5 atom stereocenters. The minimum Gasteiger partial charge on any atom is -0.674 e. The summed E-state index contributed by atoms with van der Waals surface area (Å²) in [6, 6.07) is -1.72. The van der Waals surface area contributed by atoms with Gasteiger partial charge in [0.25, 0.3) is 0 Å². The van der Waals surface area contributed by atoms with Crippen LogP contribution in [0.4, 0.5) is 0 Å². The second-order valence-electron chi connectivity index (χ2n) is 8.68. The van der Waals surface area contributed by atoms with Crippen LogP contribution >= 0.6 is 33.5 Å². The molecule has 0 rings (SSSR count). The van der Waals surface area contributed by atoms with E-state index in [2.05, 4.69) is 52.4 Å². The second-order valence-corrected chi connectivity index (χ2v) is 10.0. The van der Waals surface area contributed by atoms with Gasteiger partial charge in [0.15, 0.2) is 12.1 Å². The third-order valence-electron chi connectivity index (χ3n) is 4.97. The molecule has 0 heterocycles. The molecule has 46 heavy (non-hydrogen) atoms. The summed E-state index contributed by atoms with van der Waals surface area (Å²) in [4.78, 5) is 94.1. The lowest BCUT2D eigenvalue weighted by molar-refractivity contribution is -0.644. The number of carbonyl (C=O) groups excluding carboxylic acids is 6. The van der Waals surface area contributed by atoms with E-state index in [0.29, 0.717) is 0 Å². The molecule has 268 valence electrons. The maximum Gasteiger partial charge on any atom is 0.479 e. The van der Waals surface area contributed by atoms with E-state index < -0.39 is 74.5 Å². The molecule has 0 aliphatic rings. The summed E-state index contributed by atoms with van der Waals surface area (Å²) in [7, 11) is -3.15. The Labute approximate surface area is 275 Å². The van der Waals surface area contributed by atoms with Gasteiger partial charge in [-0.15, -0.1) is 0 Å². The molecule has 0 aromatic heterocycles. The van der Waals surface area contributed by atoms with Crippen molar-refractivity contribution in [3.05, 3.63) is 0 Å². The Morgan fingerprint density at radius 2 is 1.17 bits per heavy atom. The van der Waals surface area contributed by atoms with Crippen molar-refractivity contribution in [3.8, 4) is 0 Å². The fourth-order valence-electron chi connectivity index (χ4n) is 2.44. The Hall–Kier alpha value is -3.28. The van der Waals surface area contributed by atoms with Gasteiger partial charge in [0.05, 0.1) is 24.4 Å². The predicted molar refractivity (Wildman–Crippen MR) is 149 cm³/mol. The molecule has 0 bridgehead atoms. The van der Waals surface area contributed by atoms with E-state index in [-0.39, 0.29) is 69.6 Å². The summed E-state index contributed by atoms with van der Waals surface area (Å²) in [5, 5.41) is 57.6. The molecule has 0 aliphatic heterocycles. The van der Waals surface area contributed by atoms with E-state index in [4.69, 9.17) is 34.8 Å². The molecule has 24 heteroatoms. The number of nitrogens with two attached hydrogens (primary N) is 1. The predicted octanol–water partition coefficient (Wildman–Crippen LogP) is -9.21. The number of thiol groups is 2. The highest BCUT2D eigenvalue weighted by molar-refractivity contribution is 7.80. The van der Waals surface area contributed by atoms with Gasteiger partial charge in [0, 0.05) is 64.1 Å². The summed E-state index contributed by atoms with van der Waals surface area (Å²) in [5.41, 5.74) is 11.2. The standard InChI is InChI=1S/C11H18N2O6S.C9H15NO5S.C2H5NO2.HO4P.H2/c12-8(11(18)19)2-1-7(14)3-6(5-20)10(17)13-4-9(15)16;10-7(9(14)15)2-1-6(11)3-5(4-16)8(12)13;3-1-2(4)5;1-4-5(2)3;/h6,8,20H,1-5,12H2,(H,13,17)(H,15,16)(H,18,19);5,7,16H,1-4,10H2,(H,12,13)(H,14,15);1,3H2,(H,4,5);1H;1H/p-2.